The van der Waals surface area contributed by atoms with Gasteiger partial charge in [-0.05, 0) is 6.42 Å². The van der Waals surface area contributed by atoms with Gasteiger partial charge in [0.2, 0.25) is 11.7 Å². The summed E-state index contributed by atoms with van der Waals surface area (Å²) >= 11 is 1.50. The third kappa shape index (κ3) is 2.08. The molecular formula is C10H12N4O2S. The molecule has 3 heterocycles. The number of hydrogen-bond acceptors (Lipinski definition) is 7. The van der Waals surface area contributed by atoms with Crippen LogP contribution in [-0.4, -0.2) is 34.4 Å². The Kier molecular flexibility index (Phi) is 2.87. The van der Waals surface area contributed by atoms with Gasteiger partial charge in [0.25, 0.3) is 0 Å². The van der Waals surface area contributed by atoms with Crippen LogP contribution in [0.4, 0.5) is 0 Å². The van der Waals surface area contributed by atoms with E-state index in [1.807, 2.05) is 5.38 Å². The molecule has 2 aromatic heterocycles. The fourth-order valence-corrected chi connectivity index (χ4v) is 2.35. The lowest BCUT2D eigenvalue weighted by atomic mass is 9.97. The number of nitrogens with two attached hydrogens (primary N) is 1. The lowest BCUT2D eigenvalue weighted by Crippen LogP contribution is -2.37. The molecule has 0 radical (unpaired) electrons. The Bertz CT molecular complexity index is 484. The van der Waals surface area contributed by atoms with Crippen molar-refractivity contribution in [3.8, 4) is 11.5 Å². The van der Waals surface area contributed by atoms with E-state index in [0.717, 1.165) is 12.1 Å². The fourth-order valence-electron chi connectivity index (χ4n) is 1.82. The third-order valence-corrected chi connectivity index (χ3v) is 3.42. The van der Waals surface area contributed by atoms with Crippen LogP contribution in [0.25, 0.3) is 11.5 Å². The highest BCUT2D eigenvalue weighted by molar-refractivity contribution is 7.07. The lowest BCUT2D eigenvalue weighted by Gasteiger charge is -2.25. The maximum absolute atomic E-state index is 6.02. The Morgan fingerprint density at radius 3 is 3.18 bits per heavy atom. The van der Waals surface area contributed by atoms with Gasteiger partial charge in [-0.15, -0.1) is 11.3 Å². The summed E-state index contributed by atoms with van der Waals surface area (Å²) in [7, 11) is 0. The summed E-state index contributed by atoms with van der Waals surface area (Å²) in [6.07, 6.45) is 0.819. The minimum Gasteiger partial charge on any atom is -0.381 e. The molecule has 6 nitrogen and oxygen atoms in total. The minimum absolute atomic E-state index is 0.0105. The van der Waals surface area contributed by atoms with Crippen LogP contribution in [0.15, 0.2) is 15.4 Å². The van der Waals surface area contributed by atoms with Gasteiger partial charge < -0.3 is 15.0 Å². The predicted molar refractivity (Wildman–Crippen MR) is 61.6 cm³/mol. The monoisotopic (exact) mass is 252 g/mol. The fraction of sp³-hybridized carbons (Fsp3) is 0.500. The standard InChI is InChI=1S/C10H12N4O2S/c11-7-1-2-15-3-6(7)10-13-9(14-16-10)8-4-17-5-12-8/h4-7H,1-3,11H2. The summed E-state index contributed by atoms with van der Waals surface area (Å²) in [5, 5.41) is 5.80. The molecule has 90 valence electrons. The van der Waals surface area contributed by atoms with Gasteiger partial charge in [0.05, 0.1) is 18.0 Å². The highest BCUT2D eigenvalue weighted by Gasteiger charge is 2.29. The van der Waals surface area contributed by atoms with Crippen molar-refractivity contribution in [2.75, 3.05) is 13.2 Å². The summed E-state index contributed by atoms with van der Waals surface area (Å²) in [6.45, 7) is 1.24. The van der Waals surface area contributed by atoms with E-state index in [9.17, 15) is 0 Å². The maximum atomic E-state index is 6.02. The van der Waals surface area contributed by atoms with Gasteiger partial charge >= 0.3 is 0 Å². The normalized spacial score (nSPS) is 25.0. The summed E-state index contributed by atoms with van der Waals surface area (Å²) < 4.78 is 10.6. The van der Waals surface area contributed by atoms with Crippen molar-refractivity contribution in [1.29, 1.82) is 0 Å². The first-order valence-corrected chi connectivity index (χ1v) is 6.34. The van der Waals surface area contributed by atoms with Crippen molar-refractivity contribution in [3.05, 3.63) is 16.8 Å². The smallest absolute Gasteiger partial charge is 0.234 e. The van der Waals surface area contributed by atoms with Gasteiger partial charge in [0.1, 0.15) is 5.69 Å². The number of thiazole rings is 1. The van der Waals surface area contributed by atoms with E-state index in [4.69, 9.17) is 15.0 Å². The van der Waals surface area contributed by atoms with E-state index in [0.29, 0.717) is 24.9 Å². The third-order valence-electron chi connectivity index (χ3n) is 2.83. The van der Waals surface area contributed by atoms with E-state index >= 15 is 0 Å². The molecule has 1 aliphatic heterocycles. The molecule has 0 spiro atoms. The second-order valence-electron chi connectivity index (χ2n) is 3.96. The molecule has 1 saturated heterocycles. The van der Waals surface area contributed by atoms with Crippen LogP contribution in [0, 0.1) is 0 Å². The van der Waals surface area contributed by atoms with Crippen molar-refractivity contribution in [2.45, 2.75) is 18.4 Å². The van der Waals surface area contributed by atoms with Crippen molar-refractivity contribution < 1.29 is 9.26 Å². The van der Waals surface area contributed by atoms with Crippen LogP contribution in [0.2, 0.25) is 0 Å². The van der Waals surface area contributed by atoms with Crippen molar-refractivity contribution in [1.82, 2.24) is 15.1 Å². The average Bonchev–Trinajstić information content (AvgIpc) is 3.00. The predicted octanol–water partition coefficient (Wildman–Crippen LogP) is 1.02. The molecule has 2 unspecified atom stereocenters. The largest absolute Gasteiger partial charge is 0.381 e. The highest BCUT2D eigenvalue weighted by atomic mass is 32.1. The highest BCUT2D eigenvalue weighted by Crippen LogP contribution is 2.25. The summed E-state index contributed by atoms with van der Waals surface area (Å²) in [5.41, 5.74) is 8.49. The first-order valence-electron chi connectivity index (χ1n) is 5.40. The number of hydrogen-bond donors (Lipinski definition) is 1. The van der Waals surface area contributed by atoms with E-state index < -0.39 is 0 Å². The molecule has 0 aliphatic carbocycles. The number of ether oxygens (including phenoxy) is 1. The zero-order valence-corrected chi connectivity index (χ0v) is 9.89. The minimum atomic E-state index is -0.0105. The molecule has 2 atom stereocenters. The molecule has 0 amide bonds. The van der Waals surface area contributed by atoms with E-state index in [1.54, 1.807) is 5.51 Å². The number of aromatic nitrogens is 3. The lowest BCUT2D eigenvalue weighted by molar-refractivity contribution is 0.0590. The molecule has 0 saturated carbocycles. The molecule has 2 aromatic rings. The molecule has 17 heavy (non-hydrogen) atoms. The van der Waals surface area contributed by atoms with Crippen LogP contribution < -0.4 is 5.73 Å². The Morgan fingerprint density at radius 1 is 1.47 bits per heavy atom. The SMILES string of the molecule is NC1CCOCC1c1nc(-c2cscn2)no1. The van der Waals surface area contributed by atoms with Gasteiger partial charge in [0, 0.05) is 18.0 Å². The van der Waals surface area contributed by atoms with E-state index in [2.05, 4.69) is 15.1 Å². The van der Waals surface area contributed by atoms with Gasteiger partial charge in [-0.25, -0.2) is 4.98 Å². The van der Waals surface area contributed by atoms with Gasteiger partial charge in [-0.2, -0.15) is 4.98 Å². The average molecular weight is 252 g/mol. The van der Waals surface area contributed by atoms with E-state index in [1.165, 1.54) is 11.3 Å². The molecule has 2 N–H and O–H groups in total. The first-order chi connectivity index (χ1) is 8.34. The molecule has 1 aliphatic rings. The second kappa shape index (κ2) is 4.52. The quantitative estimate of drug-likeness (QED) is 0.858. The molecule has 3 rings (SSSR count). The Hall–Kier alpha value is -1.31. The molecule has 0 aromatic carbocycles. The second-order valence-corrected chi connectivity index (χ2v) is 4.68. The Balaban J connectivity index is 1.84. The van der Waals surface area contributed by atoms with Crippen LogP contribution in [-0.2, 0) is 4.74 Å². The summed E-state index contributed by atoms with van der Waals surface area (Å²) in [5.74, 6) is 1.04. The Labute approximate surface area is 102 Å². The van der Waals surface area contributed by atoms with Gasteiger partial charge in [0.15, 0.2) is 0 Å². The van der Waals surface area contributed by atoms with Crippen LogP contribution in [0.5, 0.6) is 0 Å². The van der Waals surface area contributed by atoms with Gasteiger partial charge in [-0.3, -0.25) is 0 Å². The molecule has 1 fully saturated rings. The first kappa shape index (κ1) is 10.8. The summed E-state index contributed by atoms with van der Waals surface area (Å²) in [6, 6.07) is 0.0208. The van der Waals surface area contributed by atoms with Crippen molar-refractivity contribution in [2.24, 2.45) is 5.73 Å². The molecule has 0 bridgehead atoms. The number of nitrogens with zero attached hydrogens (tertiary/aromatic N) is 3. The van der Waals surface area contributed by atoms with E-state index in [-0.39, 0.29) is 12.0 Å². The summed E-state index contributed by atoms with van der Waals surface area (Å²) in [4.78, 5) is 8.47. The number of rotatable bonds is 2. The zero-order valence-electron chi connectivity index (χ0n) is 9.07. The maximum Gasteiger partial charge on any atom is 0.234 e. The van der Waals surface area contributed by atoms with Crippen LogP contribution in [0.1, 0.15) is 18.2 Å². The van der Waals surface area contributed by atoms with Crippen LogP contribution >= 0.6 is 11.3 Å². The van der Waals surface area contributed by atoms with Crippen LogP contribution in [0.3, 0.4) is 0 Å². The molecule has 7 heteroatoms. The zero-order chi connectivity index (χ0) is 11.7. The van der Waals surface area contributed by atoms with Gasteiger partial charge in [-0.1, -0.05) is 5.16 Å². The Morgan fingerprint density at radius 2 is 2.41 bits per heavy atom. The molecular weight excluding hydrogens is 240 g/mol. The van der Waals surface area contributed by atoms with Crippen molar-refractivity contribution in [3.63, 3.8) is 0 Å². The topological polar surface area (TPSA) is 87.1 Å². The van der Waals surface area contributed by atoms with Crippen molar-refractivity contribution >= 4 is 11.3 Å².